The molecule has 0 fully saturated rings. The number of rotatable bonds is 6. The molecule has 1 heterocycles. The Morgan fingerprint density at radius 2 is 2.40 bits per heavy atom. The van der Waals surface area contributed by atoms with Crippen LogP contribution in [0.2, 0.25) is 0 Å². The molecule has 0 saturated heterocycles. The predicted octanol–water partition coefficient (Wildman–Crippen LogP) is 2.33. The number of aromatic nitrogens is 1. The molecule has 0 aliphatic rings. The number of nitrogens with one attached hydrogen (secondary N) is 1. The van der Waals surface area contributed by atoms with Crippen LogP contribution >= 0.6 is 0 Å². The quantitative estimate of drug-likeness (QED) is 0.727. The molecule has 0 radical (unpaired) electrons. The Morgan fingerprint density at radius 3 is 3.00 bits per heavy atom. The van der Waals surface area contributed by atoms with E-state index in [0.717, 1.165) is 31.0 Å². The number of hydrogen-bond acceptors (Lipinski definition) is 4. The molecule has 4 nitrogen and oxygen atoms in total. The molecule has 0 spiro atoms. The lowest BCUT2D eigenvalue weighted by Gasteiger charge is -2.09. The third-order valence-electron chi connectivity index (χ3n) is 2.18. The standard InChI is InChI=1S/C11H17N3O/c1-9-8-14-11(15-9)10(2)13-7-5-3-4-6-12/h8,10,13H,3-5,7H2,1-2H3. The molecule has 4 heteroatoms. The zero-order chi connectivity index (χ0) is 11.1. The summed E-state index contributed by atoms with van der Waals surface area (Å²) in [5.41, 5.74) is 0. The molecule has 0 aliphatic carbocycles. The van der Waals surface area contributed by atoms with Crippen LogP contribution in [0.4, 0.5) is 0 Å². The lowest BCUT2D eigenvalue weighted by Crippen LogP contribution is -2.20. The fourth-order valence-electron chi connectivity index (χ4n) is 1.31. The van der Waals surface area contributed by atoms with Gasteiger partial charge in [-0.15, -0.1) is 0 Å². The van der Waals surface area contributed by atoms with Crippen molar-refractivity contribution in [2.45, 2.75) is 39.2 Å². The maximum Gasteiger partial charge on any atom is 0.211 e. The smallest absolute Gasteiger partial charge is 0.211 e. The molecule has 1 rings (SSSR count). The van der Waals surface area contributed by atoms with E-state index in [2.05, 4.69) is 16.4 Å². The van der Waals surface area contributed by atoms with E-state index in [0.29, 0.717) is 6.42 Å². The van der Waals surface area contributed by atoms with Gasteiger partial charge < -0.3 is 9.73 Å². The summed E-state index contributed by atoms with van der Waals surface area (Å²) in [6.45, 7) is 4.80. The fraction of sp³-hybridized carbons (Fsp3) is 0.636. The average molecular weight is 207 g/mol. The summed E-state index contributed by atoms with van der Waals surface area (Å²) in [4.78, 5) is 4.15. The fourth-order valence-corrected chi connectivity index (χ4v) is 1.31. The van der Waals surface area contributed by atoms with Crippen molar-refractivity contribution in [2.75, 3.05) is 6.54 Å². The Balaban J connectivity index is 2.19. The van der Waals surface area contributed by atoms with Gasteiger partial charge >= 0.3 is 0 Å². The summed E-state index contributed by atoms with van der Waals surface area (Å²) in [7, 11) is 0. The zero-order valence-electron chi connectivity index (χ0n) is 9.29. The SMILES string of the molecule is Cc1cnc(C(C)NCCCCC#N)o1. The van der Waals surface area contributed by atoms with Crippen LogP contribution in [-0.4, -0.2) is 11.5 Å². The molecule has 82 valence electrons. The van der Waals surface area contributed by atoms with Crippen LogP contribution in [0.5, 0.6) is 0 Å². The van der Waals surface area contributed by atoms with Crippen molar-refractivity contribution in [2.24, 2.45) is 0 Å². The topological polar surface area (TPSA) is 61.9 Å². The van der Waals surface area contributed by atoms with Gasteiger partial charge in [-0.3, -0.25) is 0 Å². The van der Waals surface area contributed by atoms with E-state index in [1.165, 1.54) is 0 Å². The molecule has 1 unspecified atom stereocenters. The highest BCUT2D eigenvalue weighted by Crippen LogP contribution is 2.11. The molecule has 1 N–H and O–H groups in total. The van der Waals surface area contributed by atoms with Crippen molar-refractivity contribution >= 4 is 0 Å². The second kappa shape index (κ2) is 6.20. The summed E-state index contributed by atoms with van der Waals surface area (Å²) in [5.74, 6) is 1.57. The highest BCUT2D eigenvalue weighted by Gasteiger charge is 2.09. The highest BCUT2D eigenvalue weighted by atomic mass is 16.4. The number of aryl methyl sites for hydroxylation is 1. The average Bonchev–Trinajstić information content (AvgIpc) is 2.64. The molecular formula is C11H17N3O. The van der Waals surface area contributed by atoms with Gasteiger partial charge in [-0.05, 0) is 33.2 Å². The second-order valence-electron chi connectivity index (χ2n) is 3.60. The summed E-state index contributed by atoms with van der Waals surface area (Å²) in [6, 6.07) is 2.27. The summed E-state index contributed by atoms with van der Waals surface area (Å²) in [5, 5.41) is 11.7. The zero-order valence-corrected chi connectivity index (χ0v) is 9.29. The van der Waals surface area contributed by atoms with Crippen LogP contribution in [0.15, 0.2) is 10.6 Å². The van der Waals surface area contributed by atoms with Crippen molar-refractivity contribution in [1.29, 1.82) is 5.26 Å². The van der Waals surface area contributed by atoms with Gasteiger partial charge in [0, 0.05) is 6.42 Å². The third kappa shape index (κ3) is 4.13. The third-order valence-corrected chi connectivity index (χ3v) is 2.18. The number of nitrogens with zero attached hydrogens (tertiary/aromatic N) is 2. The summed E-state index contributed by atoms with van der Waals surface area (Å²) < 4.78 is 5.40. The first-order valence-electron chi connectivity index (χ1n) is 5.26. The molecule has 1 atom stereocenters. The maximum absolute atomic E-state index is 8.36. The van der Waals surface area contributed by atoms with Gasteiger partial charge in [-0.2, -0.15) is 5.26 Å². The molecule has 0 bridgehead atoms. The van der Waals surface area contributed by atoms with Gasteiger partial charge in [-0.1, -0.05) is 0 Å². The van der Waals surface area contributed by atoms with Crippen LogP contribution in [-0.2, 0) is 0 Å². The van der Waals surface area contributed by atoms with E-state index in [4.69, 9.17) is 9.68 Å². The van der Waals surface area contributed by atoms with Gasteiger partial charge in [0.25, 0.3) is 0 Å². The Morgan fingerprint density at radius 1 is 1.60 bits per heavy atom. The molecular weight excluding hydrogens is 190 g/mol. The van der Waals surface area contributed by atoms with E-state index in [-0.39, 0.29) is 6.04 Å². The Hall–Kier alpha value is -1.34. The minimum absolute atomic E-state index is 0.140. The van der Waals surface area contributed by atoms with Crippen molar-refractivity contribution in [3.63, 3.8) is 0 Å². The first-order chi connectivity index (χ1) is 7.24. The van der Waals surface area contributed by atoms with Crippen LogP contribution in [0.3, 0.4) is 0 Å². The molecule has 0 amide bonds. The van der Waals surface area contributed by atoms with E-state index < -0.39 is 0 Å². The molecule has 1 aromatic heterocycles. The van der Waals surface area contributed by atoms with E-state index >= 15 is 0 Å². The van der Waals surface area contributed by atoms with Crippen LogP contribution < -0.4 is 5.32 Å². The number of nitriles is 1. The monoisotopic (exact) mass is 207 g/mol. The van der Waals surface area contributed by atoms with E-state index in [1.54, 1.807) is 6.20 Å². The molecule has 1 aromatic rings. The first-order valence-corrected chi connectivity index (χ1v) is 5.26. The largest absolute Gasteiger partial charge is 0.444 e. The van der Waals surface area contributed by atoms with Crippen LogP contribution in [0.1, 0.15) is 43.9 Å². The molecule has 0 aliphatic heterocycles. The Kier molecular flexibility index (Phi) is 4.85. The lowest BCUT2D eigenvalue weighted by molar-refractivity contribution is 0.401. The van der Waals surface area contributed by atoms with Gasteiger partial charge in [0.1, 0.15) is 5.76 Å². The summed E-state index contributed by atoms with van der Waals surface area (Å²) >= 11 is 0. The van der Waals surface area contributed by atoms with Crippen LogP contribution in [0, 0.1) is 18.3 Å². The lowest BCUT2D eigenvalue weighted by atomic mass is 10.2. The van der Waals surface area contributed by atoms with E-state index in [9.17, 15) is 0 Å². The van der Waals surface area contributed by atoms with Gasteiger partial charge in [0.2, 0.25) is 5.89 Å². The van der Waals surface area contributed by atoms with Crippen molar-refractivity contribution in [1.82, 2.24) is 10.3 Å². The van der Waals surface area contributed by atoms with Gasteiger partial charge in [0.05, 0.1) is 18.3 Å². The highest BCUT2D eigenvalue weighted by molar-refractivity contribution is 4.94. The minimum atomic E-state index is 0.140. The Labute approximate surface area is 90.3 Å². The normalized spacial score (nSPS) is 12.3. The number of oxazole rings is 1. The van der Waals surface area contributed by atoms with E-state index in [1.807, 2.05) is 13.8 Å². The minimum Gasteiger partial charge on any atom is -0.444 e. The maximum atomic E-state index is 8.36. The summed E-state index contributed by atoms with van der Waals surface area (Å²) in [6.07, 6.45) is 4.32. The number of hydrogen-bond donors (Lipinski definition) is 1. The van der Waals surface area contributed by atoms with Gasteiger partial charge in [-0.25, -0.2) is 4.98 Å². The van der Waals surface area contributed by atoms with Crippen LogP contribution in [0.25, 0.3) is 0 Å². The first kappa shape index (κ1) is 11.7. The van der Waals surface area contributed by atoms with Crippen molar-refractivity contribution in [3.8, 4) is 6.07 Å². The molecule has 15 heavy (non-hydrogen) atoms. The van der Waals surface area contributed by atoms with Crippen molar-refractivity contribution < 1.29 is 4.42 Å². The van der Waals surface area contributed by atoms with Crippen molar-refractivity contribution in [3.05, 3.63) is 17.8 Å². The second-order valence-corrected chi connectivity index (χ2v) is 3.60. The molecule has 0 aromatic carbocycles. The molecule has 0 saturated carbocycles. The number of unbranched alkanes of at least 4 members (excludes halogenated alkanes) is 2. The Bertz CT molecular complexity index is 327. The van der Waals surface area contributed by atoms with Gasteiger partial charge in [0.15, 0.2) is 0 Å². The predicted molar refractivity (Wildman–Crippen MR) is 57.1 cm³/mol.